The second-order valence-corrected chi connectivity index (χ2v) is 6.43. The maximum Gasteiger partial charge on any atom is 0.368 e. The summed E-state index contributed by atoms with van der Waals surface area (Å²) in [5.41, 5.74) is 3.58. The van der Waals surface area contributed by atoms with Crippen molar-refractivity contribution in [3.8, 4) is 11.5 Å². The van der Waals surface area contributed by atoms with Gasteiger partial charge in [0, 0.05) is 5.56 Å². The molecule has 0 bridgehead atoms. The molecule has 1 aliphatic heterocycles. The quantitative estimate of drug-likeness (QED) is 0.459. The summed E-state index contributed by atoms with van der Waals surface area (Å²) in [6.07, 6.45) is 1.74. The number of hydrogen-bond donors (Lipinski definition) is 0. The minimum atomic E-state index is -0.479. The highest BCUT2D eigenvalue weighted by molar-refractivity contribution is 6.31. The van der Waals surface area contributed by atoms with Gasteiger partial charge in [0.25, 0.3) is 0 Å². The number of oxime groups is 1. The van der Waals surface area contributed by atoms with E-state index in [2.05, 4.69) is 5.16 Å². The Bertz CT molecular complexity index is 1070. The molecule has 0 unspecified atom stereocenters. The van der Waals surface area contributed by atoms with Gasteiger partial charge in [-0.05, 0) is 29.3 Å². The van der Waals surface area contributed by atoms with Gasteiger partial charge in [-0.25, -0.2) is 4.79 Å². The van der Waals surface area contributed by atoms with Crippen molar-refractivity contribution in [3.05, 3.63) is 101 Å². The number of hydrogen-bond acceptors (Lipinski definition) is 5. The molecule has 0 fully saturated rings. The summed E-state index contributed by atoms with van der Waals surface area (Å²) in [6.45, 7) is 0.439. The lowest BCUT2D eigenvalue weighted by molar-refractivity contribution is -0.136. The third-order valence-corrected chi connectivity index (χ3v) is 4.48. The Morgan fingerprint density at radius 1 is 0.931 bits per heavy atom. The molecule has 0 amide bonds. The van der Waals surface area contributed by atoms with Gasteiger partial charge in [-0.15, -0.1) is 0 Å². The van der Waals surface area contributed by atoms with Gasteiger partial charge in [0.05, 0.1) is 12.7 Å². The molecule has 0 N–H and O–H groups in total. The van der Waals surface area contributed by atoms with Crippen molar-refractivity contribution in [2.45, 2.75) is 6.61 Å². The first kappa shape index (κ1) is 18.5. The van der Waals surface area contributed by atoms with Crippen molar-refractivity contribution in [1.82, 2.24) is 0 Å². The molecule has 0 atom stereocenters. The van der Waals surface area contributed by atoms with E-state index in [1.54, 1.807) is 13.2 Å². The highest BCUT2D eigenvalue weighted by Gasteiger charge is 2.26. The lowest BCUT2D eigenvalue weighted by Gasteiger charge is -2.11. The van der Waals surface area contributed by atoms with Crippen molar-refractivity contribution in [1.29, 1.82) is 0 Å². The zero-order valence-corrected chi connectivity index (χ0v) is 15.9. The fraction of sp³-hybridized carbons (Fsp3) is 0.0833. The van der Waals surface area contributed by atoms with Crippen LogP contribution in [0.2, 0.25) is 0 Å². The molecule has 0 spiro atoms. The number of nitrogens with zero attached hydrogens (tertiary/aromatic N) is 1. The summed E-state index contributed by atoms with van der Waals surface area (Å²) >= 11 is 0. The highest BCUT2D eigenvalue weighted by Crippen LogP contribution is 2.30. The van der Waals surface area contributed by atoms with E-state index in [0.717, 1.165) is 16.7 Å². The molecule has 144 valence electrons. The Balaban J connectivity index is 1.58. The van der Waals surface area contributed by atoms with Crippen molar-refractivity contribution in [3.63, 3.8) is 0 Å². The second-order valence-electron chi connectivity index (χ2n) is 6.43. The van der Waals surface area contributed by atoms with Crippen molar-refractivity contribution >= 4 is 17.8 Å². The van der Waals surface area contributed by atoms with Gasteiger partial charge >= 0.3 is 5.97 Å². The molecule has 29 heavy (non-hydrogen) atoms. The van der Waals surface area contributed by atoms with E-state index in [-0.39, 0.29) is 0 Å². The van der Waals surface area contributed by atoms with Crippen LogP contribution in [0.3, 0.4) is 0 Å². The fourth-order valence-corrected chi connectivity index (χ4v) is 3.01. The molecule has 0 aliphatic carbocycles. The molecular weight excluding hydrogens is 366 g/mol. The molecule has 5 nitrogen and oxygen atoms in total. The van der Waals surface area contributed by atoms with Crippen molar-refractivity contribution in [2.24, 2.45) is 5.16 Å². The highest BCUT2D eigenvalue weighted by atomic mass is 16.7. The van der Waals surface area contributed by atoms with Gasteiger partial charge in [-0.2, -0.15) is 0 Å². The summed E-state index contributed by atoms with van der Waals surface area (Å²) < 4.78 is 11.4. The van der Waals surface area contributed by atoms with Crippen LogP contribution in [0, 0.1) is 0 Å². The Kier molecular flexibility index (Phi) is 5.38. The van der Waals surface area contributed by atoms with Crippen LogP contribution in [0.15, 0.2) is 89.6 Å². The molecule has 0 saturated heterocycles. The van der Waals surface area contributed by atoms with E-state index in [1.807, 2.05) is 78.9 Å². The number of benzene rings is 3. The first-order chi connectivity index (χ1) is 14.2. The van der Waals surface area contributed by atoms with Crippen molar-refractivity contribution in [2.75, 3.05) is 7.11 Å². The van der Waals surface area contributed by atoms with E-state index in [0.29, 0.717) is 29.4 Å². The standard InChI is InChI=1S/C24H19NO4/c1-27-22-15-18(12-13-21(22)28-16-17-8-4-2-5-9-17)14-20-23(25-29-24(20)26)19-10-6-3-7-11-19/h2-15H,16H2,1H3/b20-14-. The molecule has 3 aromatic rings. The van der Waals surface area contributed by atoms with E-state index in [1.165, 1.54) is 0 Å². The van der Waals surface area contributed by atoms with Crippen LogP contribution in [0.4, 0.5) is 0 Å². The molecule has 4 rings (SSSR count). The summed E-state index contributed by atoms with van der Waals surface area (Å²) in [6, 6.07) is 24.9. The first-order valence-electron chi connectivity index (χ1n) is 9.16. The number of rotatable bonds is 6. The summed E-state index contributed by atoms with van der Waals surface area (Å²) in [5.74, 6) is 0.733. The fourth-order valence-electron chi connectivity index (χ4n) is 3.01. The second kappa shape index (κ2) is 8.44. The average Bonchev–Trinajstić information content (AvgIpc) is 3.14. The molecule has 0 saturated carbocycles. The zero-order chi connectivity index (χ0) is 20.1. The Hall–Kier alpha value is -3.86. The lowest BCUT2D eigenvalue weighted by atomic mass is 10.0. The van der Waals surface area contributed by atoms with E-state index in [4.69, 9.17) is 14.3 Å². The van der Waals surface area contributed by atoms with Crippen LogP contribution in [-0.4, -0.2) is 18.8 Å². The normalized spacial score (nSPS) is 14.4. The third kappa shape index (κ3) is 4.19. The van der Waals surface area contributed by atoms with Gasteiger partial charge in [0.2, 0.25) is 0 Å². The Morgan fingerprint density at radius 2 is 1.66 bits per heavy atom. The zero-order valence-electron chi connectivity index (χ0n) is 15.9. The predicted molar refractivity (Wildman–Crippen MR) is 111 cm³/mol. The lowest BCUT2D eigenvalue weighted by Crippen LogP contribution is -2.06. The predicted octanol–water partition coefficient (Wildman–Crippen LogP) is 4.62. The van der Waals surface area contributed by atoms with Crippen LogP contribution in [0.5, 0.6) is 11.5 Å². The third-order valence-electron chi connectivity index (χ3n) is 4.48. The van der Waals surface area contributed by atoms with E-state index in [9.17, 15) is 4.79 Å². The summed E-state index contributed by atoms with van der Waals surface area (Å²) in [7, 11) is 1.59. The SMILES string of the molecule is COc1cc(/C=C2\C(=O)ON=C2c2ccccc2)ccc1OCc1ccccc1. The topological polar surface area (TPSA) is 57.1 Å². The molecule has 0 radical (unpaired) electrons. The maximum atomic E-state index is 12.2. The van der Waals surface area contributed by atoms with Gasteiger partial charge in [0.1, 0.15) is 12.3 Å². The number of carbonyl (C=O) groups excluding carboxylic acids is 1. The minimum Gasteiger partial charge on any atom is -0.493 e. The van der Waals surface area contributed by atoms with Gasteiger partial charge in [0.15, 0.2) is 11.5 Å². The maximum absolute atomic E-state index is 12.2. The minimum absolute atomic E-state index is 0.399. The van der Waals surface area contributed by atoms with Crippen LogP contribution >= 0.6 is 0 Å². The number of carbonyl (C=O) groups is 1. The summed E-state index contributed by atoms with van der Waals surface area (Å²) in [5, 5.41) is 3.93. The number of methoxy groups -OCH3 is 1. The number of ether oxygens (including phenoxy) is 2. The average molecular weight is 385 g/mol. The van der Waals surface area contributed by atoms with E-state index >= 15 is 0 Å². The molecular formula is C24H19NO4. The molecule has 5 heteroatoms. The van der Waals surface area contributed by atoms with Crippen LogP contribution in [-0.2, 0) is 16.2 Å². The molecule has 1 heterocycles. The van der Waals surface area contributed by atoms with Gasteiger partial charge < -0.3 is 14.3 Å². The van der Waals surface area contributed by atoms with E-state index < -0.39 is 5.97 Å². The molecule has 0 aromatic heterocycles. The Labute approximate surface area is 168 Å². The largest absolute Gasteiger partial charge is 0.493 e. The Morgan fingerprint density at radius 3 is 2.38 bits per heavy atom. The van der Waals surface area contributed by atoms with Crippen molar-refractivity contribution < 1.29 is 19.1 Å². The van der Waals surface area contributed by atoms with Crippen LogP contribution in [0.1, 0.15) is 16.7 Å². The van der Waals surface area contributed by atoms with Gasteiger partial charge in [-0.1, -0.05) is 71.9 Å². The van der Waals surface area contributed by atoms with Crippen LogP contribution < -0.4 is 9.47 Å². The summed E-state index contributed by atoms with van der Waals surface area (Å²) in [4.78, 5) is 17.1. The first-order valence-corrected chi connectivity index (χ1v) is 9.16. The molecule has 3 aromatic carbocycles. The smallest absolute Gasteiger partial charge is 0.368 e. The molecule has 1 aliphatic rings. The van der Waals surface area contributed by atoms with Gasteiger partial charge in [-0.3, -0.25) is 0 Å². The van der Waals surface area contributed by atoms with Crippen LogP contribution in [0.25, 0.3) is 6.08 Å². The monoisotopic (exact) mass is 385 g/mol.